The first-order valence-electron chi connectivity index (χ1n) is 7.81. The lowest BCUT2D eigenvalue weighted by atomic mass is 10.1. The van der Waals surface area contributed by atoms with Gasteiger partial charge in [-0.1, -0.05) is 0 Å². The van der Waals surface area contributed by atoms with Gasteiger partial charge in [0.05, 0.1) is 11.2 Å². The van der Waals surface area contributed by atoms with E-state index < -0.39 is 0 Å². The predicted molar refractivity (Wildman–Crippen MR) is 91.6 cm³/mol. The summed E-state index contributed by atoms with van der Waals surface area (Å²) >= 11 is 1.75. The molecule has 1 aromatic carbocycles. The molecular formula is C17H23N3S. The van der Waals surface area contributed by atoms with E-state index in [9.17, 15) is 0 Å². The zero-order valence-electron chi connectivity index (χ0n) is 12.6. The van der Waals surface area contributed by atoms with Crippen LogP contribution in [0.2, 0.25) is 0 Å². The molecule has 0 atom stereocenters. The Morgan fingerprint density at radius 3 is 2.57 bits per heavy atom. The normalized spacial score (nSPS) is 15.2. The molecule has 1 aromatic heterocycles. The van der Waals surface area contributed by atoms with Crippen molar-refractivity contribution < 1.29 is 0 Å². The van der Waals surface area contributed by atoms with E-state index in [4.69, 9.17) is 0 Å². The monoisotopic (exact) mass is 301 g/mol. The van der Waals surface area contributed by atoms with Gasteiger partial charge in [0.15, 0.2) is 0 Å². The molecule has 0 spiro atoms. The van der Waals surface area contributed by atoms with E-state index in [0.717, 1.165) is 13.0 Å². The minimum absolute atomic E-state index is 0.964. The highest BCUT2D eigenvalue weighted by molar-refractivity contribution is 7.09. The van der Waals surface area contributed by atoms with Gasteiger partial charge in [-0.05, 0) is 50.5 Å². The fraction of sp³-hybridized carbons (Fsp3) is 0.471. The van der Waals surface area contributed by atoms with Gasteiger partial charge in [0.1, 0.15) is 0 Å². The summed E-state index contributed by atoms with van der Waals surface area (Å²) in [4.78, 5) is 8.17. The highest BCUT2D eigenvalue weighted by Crippen LogP contribution is 2.22. The van der Waals surface area contributed by atoms with E-state index in [0.29, 0.717) is 0 Å². The second-order valence-corrected chi connectivity index (χ2v) is 6.57. The van der Waals surface area contributed by atoms with Crippen LogP contribution in [0, 0.1) is 6.92 Å². The first-order valence-corrected chi connectivity index (χ1v) is 8.69. The number of nitrogens with one attached hydrogen (secondary N) is 1. The number of hydrogen-bond donors (Lipinski definition) is 1. The largest absolute Gasteiger partial charge is 0.385 e. The summed E-state index contributed by atoms with van der Waals surface area (Å²) in [5, 5.41) is 3.50. The molecule has 0 saturated carbocycles. The molecule has 2 aromatic rings. The Balaban J connectivity index is 1.51. The van der Waals surface area contributed by atoms with E-state index >= 15 is 0 Å². The molecule has 0 radical (unpaired) electrons. The molecule has 1 aliphatic heterocycles. The molecule has 0 aliphatic carbocycles. The number of piperidine rings is 1. The van der Waals surface area contributed by atoms with Crippen LogP contribution in [-0.4, -0.2) is 24.6 Å². The van der Waals surface area contributed by atoms with Crippen molar-refractivity contribution in [2.24, 2.45) is 0 Å². The Kier molecular flexibility index (Phi) is 4.76. The second kappa shape index (κ2) is 6.94. The minimum atomic E-state index is 0.964. The number of benzene rings is 1. The van der Waals surface area contributed by atoms with Gasteiger partial charge in [-0.25, -0.2) is 4.98 Å². The fourth-order valence-corrected chi connectivity index (χ4v) is 3.61. The van der Waals surface area contributed by atoms with Crippen LogP contribution in [0.3, 0.4) is 0 Å². The van der Waals surface area contributed by atoms with Crippen molar-refractivity contribution in [2.75, 3.05) is 29.9 Å². The topological polar surface area (TPSA) is 28.2 Å². The van der Waals surface area contributed by atoms with Crippen molar-refractivity contribution in [3.05, 3.63) is 40.3 Å². The molecule has 3 nitrogen and oxygen atoms in total. The number of aromatic nitrogens is 1. The second-order valence-electron chi connectivity index (χ2n) is 5.63. The molecule has 1 N–H and O–H groups in total. The summed E-state index contributed by atoms with van der Waals surface area (Å²) in [6.45, 7) is 5.46. The molecule has 0 bridgehead atoms. The number of hydrogen-bond acceptors (Lipinski definition) is 4. The quantitative estimate of drug-likeness (QED) is 0.901. The van der Waals surface area contributed by atoms with Gasteiger partial charge >= 0.3 is 0 Å². The van der Waals surface area contributed by atoms with Crippen LogP contribution in [0.25, 0.3) is 0 Å². The Labute approximate surface area is 131 Å². The maximum Gasteiger partial charge on any atom is 0.0797 e. The van der Waals surface area contributed by atoms with Crippen molar-refractivity contribution >= 4 is 22.7 Å². The highest BCUT2D eigenvalue weighted by Gasteiger charge is 2.10. The molecule has 0 unspecified atom stereocenters. The average molecular weight is 301 g/mol. The molecule has 21 heavy (non-hydrogen) atoms. The summed E-state index contributed by atoms with van der Waals surface area (Å²) in [5.41, 5.74) is 5.66. The van der Waals surface area contributed by atoms with Crippen LogP contribution in [0.1, 0.15) is 29.8 Å². The summed E-state index contributed by atoms with van der Waals surface area (Å²) in [5.74, 6) is 0. The minimum Gasteiger partial charge on any atom is -0.385 e. The molecule has 1 saturated heterocycles. The lowest BCUT2D eigenvalue weighted by Crippen LogP contribution is -2.29. The predicted octanol–water partition coefficient (Wildman–Crippen LogP) is 4.10. The first kappa shape index (κ1) is 14.4. The van der Waals surface area contributed by atoms with Crippen molar-refractivity contribution in [1.82, 2.24) is 4.98 Å². The lowest BCUT2D eigenvalue weighted by Gasteiger charge is -2.28. The molecule has 0 amide bonds. The fourth-order valence-electron chi connectivity index (χ4n) is 2.83. The average Bonchev–Trinajstić information content (AvgIpc) is 2.94. The lowest BCUT2D eigenvalue weighted by molar-refractivity contribution is 0.578. The number of rotatable bonds is 5. The zero-order valence-corrected chi connectivity index (χ0v) is 13.5. The summed E-state index contributed by atoms with van der Waals surface area (Å²) in [6, 6.07) is 8.88. The van der Waals surface area contributed by atoms with Crippen LogP contribution in [0.15, 0.2) is 29.8 Å². The molecule has 4 heteroatoms. The number of thiazole rings is 1. The maximum atomic E-state index is 4.29. The number of nitrogens with zero attached hydrogens (tertiary/aromatic N) is 2. The van der Waals surface area contributed by atoms with Gasteiger partial charge < -0.3 is 10.2 Å². The third kappa shape index (κ3) is 3.76. The van der Waals surface area contributed by atoms with Crippen molar-refractivity contribution in [3.8, 4) is 0 Å². The maximum absolute atomic E-state index is 4.29. The molecule has 2 heterocycles. The van der Waals surface area contributed by atoms with Crippen molar-refractivity contribution in [3.63, 3.8) is 0 Å². The van der Waals surface area contributed by atoms with E-state index in [1.807, 2.05) is 5.51 Å². The number of aryl methyl sites for hydroxylation is 1. The highest BCUT2D eigenvalue weighted by atomic mass is 32.1. The molecule has 3 rings (SSSR count). The SMILES string of the molecule is Cc1ncsc1CCNc1ccc(N2CCCCC2)cc1. The van der Waals surface area contributed by atoms with Crippen LogP contribution < -0.4 is 10.2 Å². The Bertz CT molecular complexity index is 556. The van der Waals surface area contributed by atoms with E-state index in [2.05, 4.69) is 46.4 Å². The summed E-state index contributed by atoms with van der Waals surface area (Å²) < 4.78 is 0. The van der Waals surface area contributed by atoms with Crippen LogP contribution in [0.4, 0.5) is 11.4 Å². The first-order chi connectivity index (χ1) is 10.3. The van der Waals surface area contributed by atoms with E-state index in [1.165, 1.54) is 54.3 Å². The van der Waals surface area contributed by atoms with Crippen LogP contribution in [-0.2, 0) is 6.42 Å². The van der Waals surface area contributed by atoms with Crippen molar-refractivity contribution in [1.29, 1.82) is 0 Å². The Morgan fingerprint density at radius 1 is 1.14 bits per heavy atom. The molecule has 1 fully saturated rings. The molecule has 1 aliphatic rings. The summed E-state index contributed by atoms with van der Waals surface area (Å²) in [7, 11) is 0. The standard InChI is InChI=1S/C17H23N3S/c1-14-17(21-13-19-14)9-10-18-15-5-7-16(8-6-15)20-11-3-2-4-12-20/h5-8,13,18H,2-4,9-12H2,1H3. The zero-order chi connectivity index (χ0) is 14.5. The Morgan fingerprint density at radius 2 is 1.90 bits per heavy atom. The summed E-state index contributed by atoms with van der Waals surface area (Å²) in [6.07, 6.45) is 5.08. The van der Waals surface area contributed by atoms with Gasteiger partial charge in [0.2, 0.25) is 0 Å². The van der Waals surface area contributed by atoms with Gasteiger partial charge in [-0.15, -0.1) is 11.3 Å². The smallest absolute Gasteiger partial charge is 0.0797 e. The van der Waals surface area contributed by atoms with Crippen molar-refractivity contribution in [2.45, 2.75) is 32.6 Å². The molecule has 112 valence electrons. The molecular weight excluding hydrogens is 278 g/mol. The van der Waals surface area contributed by atoms with Gasteiger partial charge in [-0.2, -0.15) is 0 Å². The van der Waals surface area contributed by atoms with Gasteiger partial charge in [-0.3, -0.25) is 0 Å². The Hall–Kier alpha value is -1.55. The van der Waals surface area contributed by atoms with Crippen LogP contribution in [0.5, 0.6) is 0 Å². The third-order valence-corrected chi connectivity index (χ3v) is 5.11. The van der Waals surface area contributed by atoms with Crippen LogP contribution >= 0.6 is 11.3 Å². The third-order valence-electron chi connectivity index (χ3n) is 4.11. The van der Waals surface area contributed by atoms with Gasteiger partial charge in [0.25, 0.3) is 0 Å². The van der Waals surface area contributed by atoms with E-state index in [-0.39, 0.29) is 0 Å². The van der Waals surface area contributed by atoms with E-state index in [1.54, 1.807) is 11.3 Å². The van der Waals surface area contributed by atoms with Gasteiger partial charge in [0, 0.05) is 42.3 Å². The number of anilines is 2.